The second-order valence-electron chi connectivity index (χ2n) is 4.78. The second kappa shape index (κ2) is 7.17. The predicted octanol–water partition coefficient (Wildman–Crippen LogP) is 1.54. The van der Waals surface area contributed by atoms with Crippen LogP contribution in [-0.2, 0) is 0 Å². The second-order valence-corrected chi connectivity index (χ2v) is 4.78. The number of hydrogen-bond acceptors (Lipinski definition) is 4. The number of hydrogen-bond donors (Lipinski definition) is 2. The number of carbonyl (C=O) groups is 1. The Labute approximate surface area is 124 Å². The number of rotatable bonds is 5. The third-order valence-corrected chi connectivity index (χ3v) is 3.45. The van der Waals surface area contributed by atoms with Crippen molar-refractivity contribution in [3.8, 4) is 11.5 Å². The van der Waals surface area contributed by atoms with Crippen LogP contribution in [0, 0.1) is 0 Å². The smallest absolute Gasteiger partial charge is 0.317 e. The average Bonchev–Trinajstić information content (AvgIpc) is 2.53. The zero-order valence-corrected chi connectivity index (χ0v) is 12.5. The van der Waals surface area contributed by atoms with Gasteiger partial charge in [0.1, 0.15) is 13.2 Å². The molecule has 0 fully saturated rings. The fourth-order valence-corrected chi connectivity index (χ4v) is 2.19. The number of ether oxygens (including phenoxy) is 2. The maximum atomic E-state index is 11.8. The number of benzene rings is 1. The summed E-state index contributed by atoms with van der Waals surface area (Å²) in [5.74, 6) is 1.32. The predicted molar refractivity (Wildman–Crippen MR) is 78.7 cm³/mol. The van der Waals surface area contributed by atoms with E-state index in [1.165, 1.54) is 0 Å². The minimum atomic E-state index is -0.777. The van der Waals surface area contributed by atoms with E-state index < -0.39 is 6.10 Å². The molecule has 0 saturated carbocycles. The van der Waals surface area contributed by atoms with Gasteiger partial charge < -0.3 is 24.8 Å². The van der Waals surface area contributed by atoms with Crippen LogP contribution < -0.4 is 14.8 Å². The van der Waals surface area contributed by atoms with Crippen LogP contribution in [0.5, 0.6) is 11.5 Å². The molecule has 6 heteroatoms. The zero-order chi connectivity index (χ0) is 15.2. The Hall–Kier alpha value is -1.95. The summed E-state index contributed by atoms with van der Waals surface area (Å²) in [6.45, 7) is 6.32. The van der Waals surface area contributed by atoms with Crippen molar-refractivity contribution in [3.05, 3.63) is 23.8 Å². The van der Waals surface area contributed by atoms with Gasteiger partial charge in [0.2, 0.25) is 0 Å². The number of aliphatic hydroxyl groups excluding tert-OH is 1. The van der Waals surface area contributed by atoms with Crippen LogP contribution in [0.1, 0.15) is 25.5 Å². The monoisotopic (exact) mass is 294 g/mol. The maximum Gasteiger partial charge on any atom is 0.317 e. The van der Waals surface area contributed by atoms with Crippen LogP contribution in [0.25, 0.3) is 0 Å². The lowest BCUT2D eigenvalue weighted by Crippen LogP contribution is -2.41. The topological polar surface area (TPSA) is 71.0 Å². The minimum absolute atomic E-state index is 0.162. The molecule has 6 nitrogen and oxygen atoms in total. The van der Waals surface area contributed by atoms with E-state index in [2.05, 4.69) is 5.32 Å². The first-order chi connectivity index (χ1) is 10.2. The highest BCUT2D eigenvalue weighted by Gasteiger charge is 2.17. The molecule has 2 N–H and O–H groups in total. The van der Waals surface area contributed by atoms with Crippen molar-refractivity contribution < 1.29 is 19.4 Å². The summed E-state index contributed by atoms with van der Waals surface area (Å²) in [7, 11) is 0. The molecule has 1 aliphatic heterocycles. The molecule has 1 aromatic carbocycles. The Kier molecular flexibility index (Phi) is 5.27. The van der Waals surface area contributed by atoms with Crippen molar-refractivity contribution in [2.24, 2.45) is 0 Å². The fourth-order valence-electron chi connectivity index (χ4n) is 2.19. The Morgan fingerprint density at radius 3 is 2.62 bits per heavy atom. The van der Waals surface area contributed by atoms with Gasteiger partial charge in [-0.2, -0.15) is 0 Å². The molecule has 0 saturated heterocycles. The normalized spacial score (nSPS) is 14.4. The number of urea groups is 1. The van der Waals surface area contributed by atoms with Gasteiger partial charge in [0.15, 0.2) is 11.5 Å². The van der Waals surface area contributed by atoms with E-state index >= 15 is 0 Å². The molecule has 0 bridgehead atoms. The number of amides is 2. The lowest BCUT2D eigenvalue weighted by Gasteiger charge is -2.22. The first kappa shape index (κ1) is 15.4. The number of nitrogens with one attached hydrogen (secondary N) is 1. The molecule has 0 aliphatic carbocycles. The molecule has 116 valence electrons. The van der Waals surface area contributed by atoms with Crippen LogP contribution in [0.15, 0.2) is 18.2 Å². The van der Waals surface area contributed by atoms with Gasteiger partial charge in [0.05, 0.1) is 6.10 Å². The molecule has 1 aliphatic rings. The van der Waals surface area contributed by atoms with Crippen LogP contribution in [0.3, 0.4) is 0 Å². The summed E-state index contributed by atoms with van der Waals surface area (Å²) in [5, 5.41) is 12.9. The largest absolute Gasteiger partial charge is 0.486 e. The molecule has 0 aromatic heterocycles. The van der Waals surface area contributed by atoms with Gasteiger partial charge in [-0.1, -0.05) is 6.07 Å². The highest BCUT2D eigenvalue weighted by Crippen LogP contribution is 2.32. The summed E-state index contributed by atoms with van der Waals surface area (Å²) >= 11 is 0. The van der Waals surface area contributed by atoms with Crippen molar-refractivity contribution in [2.75, 3.05) is 32.8 Å². The van der Waals surface area contributed by atoms with Crippen molar-refractivity contribution >= 4 is 6.03 Å². The minimum Gasteiger partial charge on any atom is -0.486 e. The summed E-state index contributed by atoms with van der Waals surface area (Å²) in [6.07, 6.45) is -0.777. The number of aliphatic hydroxyl groups is 1. The van der Waals surface area contributed by atoms with E-state index in [-0.39, 0.29) is 12.6 Å². The summed E-state index contributed by atoms with van der Waals surface area (Å²) in [6, 6.07) is 5.14. The van der Waals surface area contributed by atoms with Crippen LogP contribution in [0.2, 0.25) is 0 Å². The standard InChI is InChI=1S/C15H22N2O4/c1-3-17(4-2)15(19)16-10-12(18)11-5-6-13-14(9-11)21-8-7-20-13/h5-6,9,12,18H,3-4,7-8,10H2,1-2H3,(H,16,19). The van der Waals surface area contributed by atoms with Gasteiger partial charge in [-0.3, -0.25) is 0 Å². The molecule has 1 unspecified atom stereocenters. The van der Waals surface area contributed by atoms with E-state index in [1.54, 1.807) is 23.1 Å². The van der Waals surface area contributed by atoms with E-state index in [0.717, 1.165) is 0 Å². The Morgan fingerprint density at radius 1 is 1.29 bits per heavy atom. The van der Waals surface area contributed by atoms with E-state index in [1.807, 2.05) is 13.8 Å². The van der Waals surface area contributed by atoms with Crippen molar-refractivity contribution in [3.63, 3.8) is 0 Å². The number of nitrogens with zero attached hydrogens (tertiary/aromatic N) is 1. The summed E-state index contributed by atoms with van der Waals surface area (Å²) < 4.78 is 10.9. The Morgan fingerprint density at radius 2 is 1.95 bits per heavy atom. The highest BCUT2D eigenvalue weighted by molar-refractivity contribution is 5.74. The first-order valence-electron chi connectivity index (χ1n) is 7.26. The third kappa shape index (κ3) is 3.78. The van der Waals surface area contributed by atoms with Gasteiger partial charge in [-0.05, 0) is 31.5 Å². The van der Waals surface area contributed by atoms with Gasteiger partial charge in [-0.25, -0.2) is 4.79 Å². The molecule has 1 atom stereocenters. The number of carbonyl (C=O) groups excluding carboxylic acids is 1. The first-order valence-corrected chi connectivity index (χ1v) is 7.26. The van der Waals surface area contributed by atoms with Gasteiger partial charge in [-0.15, -0.1) is 0 Å². The quantitative estimate of drug-likeness (QED) is 0.864. The number of fused-ring (bicyclic) bond motifs is 1. The Balaban J connectivity index is 1.94. The zero-order valence-electron chi connectivity index (χ0n) is 12.5. The lowest BCUT2D eigenvalue weighted by molar-refractivity contribution is 0.158. The van der Waals surface area contributed by atoms with Gasteiger partial charge in [0.25, 0.3) is 0 Å². The molecular weight excluding hydrogens is 272 g/mol. The van der Waals surface area contributed by atoms with Crippen LogP contribution in [0.4, 0.5) is 4.79 Å². The maximum absolute atomic E-state index is 11.8. The summed E-state index contributed by atoms with van der Waals surface area (Å²) in [5.41, 5.74) is 0.694. The van der Waals surface area contributed by atoms with E-state index in [4.69, 9.17) is 9.47 Å². The molecule has 2 rings (SSSR count). The van der Waals surface area contributed by atoms with Crippen LogP contribution >= 0.6 is 0 Å². The molecular formula is C15H22N2O4. The molecule has 0 spiro atoms. The van der Waals surface area contributed by atoms with Gasteiger partial charge in [0, 0.05) is 19.6 Å². The van der Waals surface area contributed by atoms with Crippen molar-refractivity contribution in [1.29, 1.82) is 0 Å². The molecule has 1 heterocycles. The Bertz CT molecular complexity index is 489. The molecule has 21 heavy (non-hydrogen) atoms. The summed E-state index contributed by atoms with van der Waals surface area (Å²) in [4.78, 5) is 13.5. The fraction of sp³-hybridized carbons (Fsp3) is 0.533. The third-order valence-electron chi connectivity index (χ3n) is 3.45. The van der Waals surface area contributed by atoms with Crippen molar-refractivity contribution in [2.45, 2.75) is 20.0 Å². The van der Waals surface area contributed by atoms with Crippen molar-refractivity contribution in [1.82, 2.24) is 10.2 Å². The highest BCUT2D eigenvalue weighted by atomic mass is 16.6. The van der Waals surface area contributed by atoms with E-state index in [9.17, 15) is 9.90 Å². The SMILES string of the molecule is CCN(CC)C(=O)NCC(O)c1ccc2c(c1)OCCO2. The average molecular weight is 294 g/mol. The van der Waals surface area contributed by atoms with Crippen LogP contribution in [-0.4, -0.2) is 48.9 Å². The molecule has 0 radical (unpaired) electrons. The molecule has 1 aromatic rings. The molecule has 2 amide bonds. The van der Waals surface area contributed by atoms with E-state index in [0.29, 0.717) is 43.4 Å². The lowest BCUT2D eigenvalue weighted by atomic mass is 10.1. The van der Waals surface area contributed by atoms with Gasteiger partial charge >= 0.3 is 6.03 Å².